The second-order valence-electron chi connectivity index (χ2n) is 4.29. The molecule has 19 heavy (non-hydrogen) atoms. The van der Waals surface area contributed by atoms with Crippen LogP contribution in [0.3, 0.4) is 0 Å². The zero-order valence-corrected chi connectivity index (χ0v) is 10.8. The second-order valence-corrected chi connectivity index (χ2v) is 4.72. The number of hydrogen-bond acceptors (Lipinski definition) is 3. The average molecular weight is 275 g/mol. The van der Waals surface area contributed by atoms with E-state index in [9.17, 15) is 4.79 Å². The predicted octanol–water partition coefficient (Wildman–Crippen LogP) is 2.68. The van der Waals surface area contributed by atoms with E-state index in [-0.39, 0.29) is 6.03 Å². The molecule has 5 nitrogen and oxygen atoms in total. The standard InChI is InChI=1S/C13H11ClN4O/c14-10-1-3-11(4-2-10)17-13(19)18-6-9-5-15-8-16-12(9)7-18/h1-5,8H,6-7H2,(H,17,19). The number of urea groups is 1. The van der Waals surface area contributed by atoms with Crippen LogP contribution in [0.4, 0.5) is 10.5 Å². The Morgan fingerprint density at radius 3 is 2.79 bits per heavy atom. The molecule has 1 aliphatic heterocycles. The molecule has 0 spiro atoms. The molecule has 1 aromatic heterocycles. The highest BCUT2D eigenvalue weighted by Crippen LogP contribution is 2.21. The van der Waals surface area contributed by atoms with E-state index in [1.54, 1.807) is 35.4 Å². The van der Waals surface area contributed by atoms with Gasteiger partial charge in [-0.1, -0.05) is 11.6 Å². The summed E-state index contributed by atoms with van der Waals surface area (Å²) in [6, 6.07) is 6.86. The van der Waals surface area contributed by atoms with Gasteiger partial charge in [0.2, 0.25) is 0 Å². The lowest BCUT2D eigenvalue weighted by Gasteiger charge is -2.16. The second kappa shape index (κ2) is 4.85. The van der Waals surface area contributed by atoms with E-state index in [0.717, 1.165) is 16.9 Å². The van der Waals surface area contributed by atoms with Gasteiger partial charge < -0.3 is 10.2 Å². The van der Waals surface area contributed by atoms with E-state index < -0.39 is 0 Å². The average Bonchev–Trinajstić information content (AvgIpc) is 2.85. The molecule has 0 bridgehead atoms. The summed E-state index contributed by atoms with van der Waals surface area (Å²) in [4.78, 5) is 21.9. The highest BCUT2D eigenvalue weighted by Gasteiger charge is 2.24. The van der Waals surface area contributed by atoms with Crippen LogP contribution in [0.5, 0.6) is 0 Å². The van der Waals surface area contributed by atoms with Crippen molar-refractivity contribution in [1.82, 2.24) is 14.9 Å². The Morgan fingerprint density at radius 1 is 1.26 bits per heavy atom. The maximum Gasteiger partial charge on any atom is 0.322 e. The van der Waals surface area contributed by atoms with E-state index in [4.69, 9.17) is 11.6 Å². The van der Waals surface area contributed by atoms with Crippen LogP contribution < -0.4 is 5.32 Å². The molecule has 2 heterocycles. The fourth-order valence-electron chi connectivity index (χ4n) is 1.98. The molecule has 6 heteroatoms. The summed E-state index contributed by atoms with van der Waals surface area (Å²) >= 11 is 5.80. The zero-order valence-electron chi connectivity index (χ0n) is 10.0. The zero-order chi connectivity index (χ0) is 13.2. The molecule has 0 unspecified atom stereocenters. The van der Waals surface area contributed by atoms with Gasteiger partial charge in [-0.15, -0.1) is 0 Å². The van der Waals surface area contributed by atoms with E-state index >= 15 is 0 Å². The molecule has 0 radical (unpaired) electrons. The Bertz CT molecular complexity index is 589. The summed E-state index contributed by atoms with van der Waals surface area (Å²) in [5, 5.41) is 3.47. The first-order valence-electron chi connectivity index (χ1n) is 5.81. The van der Waals surface area contributed by atoms with Crippen LogP contribution >= 0.6 is 11.6 Å². The lowest BCUT2D eigenvalue weighted by Crippen LogP contribution is -2.30. The van der Waals surface area contributed by atoms with Gasteiger partial charge >= 0.3 is 6.03 Å². The van der Waals surface area contributed by atoms with Crippen LogP contribution in [0.1, 0.15) is 11.3 Å². The lowest BCUT2D eigenvalue weighted by atomic mass is 10.3. The molecule has 3 rings (SSSR count). The van der Waals surface area contributed by atoms with Gasteiger partial charge in [0.1, 0.15) is 6.33 Å². The molecule has 0 saturated carbocycles. The number of aromatic nitrogens is 2. The van der Waals surface area contributed by atoms with E-state index in [2.05, 4.69) is 15.3 Å². The smallest absolute Gasteiger partial charge is 0.314 e. The molecule has 2 aromatic rings. The lowest BCUT2D eigenvalue weighted by molar-refractivity contribution is 0.212. The molecule has 1 aromatic carbocycles. The van der Waals surface area contributed by atoms with E-state index in [0.29, 0.717) is 18.1 Å². The summed E-state index contributed by atoms with van der Waals surface area (Å²) in [5.74, 6) is 0. The molecule has 1 N–H and O–H groups in total. The quantitative estimate of drug-likeness (QED) is 0.870. The molecule has 2 amide bonds. The maximum absolute atomic E-state index is 12.1. The van der Waals surface area contributed by atoms with Crippen molar-refractivity contribution in [3.05, 3.63) is 53.1 Å². The number of halogens is 1. The Labute approximate surface area is 115 Å². The Morgan fingerprint density at radius 2 is 2.05 bits per heavy atom. The summed E-state index contributed by atoms with van der Waals surface area (Å²) in [6.45, 7) is 1.05. The number of carbonyl (C=O) groups excluding carboxylic acids is 1. The fraction of sp³-hybridized carbons (Fsp3) is 0.154. The molecule has 1 aliphatic rings. The van der Waals surface area contributed by atoms with Gasteiger partial charge in [-0.25, -0.2) is 14.8 Å². The summed E-state index contributed by atoms with van der Waals surface area (Å²) < 4.78 is 0. The number of nitrogens with zero attached hydrogens (tertiary/aromatic N) is 3. The Balaban J connectivity index is 1.68. The van der Waals surface area contributed by atoms with Crippen molar-refractivity contribution in [1.29, 1.82) is 0 Å². The molecule has 0 saturated heterocycles. The Hall–Kier alpha value is -2.14. The van der Waals surface area contributed by atoms with Crippen molar-refractivity contribution in [3.63, 3.8) is 0 Å². The number of benzene rings is 1. The molecule has 96 valence electrons. The third kappa shape index (κ3) is 2.51. The SMILES string of the molecule is O=C(Nc1ccc(Cl)cc1)N1Cc2cncnc2C1. The van der Waals surface area contributed by atoms with Crippen LogP contribution in [0, 0.1) is 0 Å². The molecular formula is C13H11ClN4O. The third-order valence-corrected chi connectivity index (χ3v) is 3.22. The van der Waals surface area contributed by atoms with Gasteiger partial charge in [-0.05, 0) is 24.3 Å². The number of rotatable bonds is 1. The van der Waals surface area contributed by atoms with Gasteiger partial charge in [-0.3, -0.25) is 0 Å². The van der Waals surface area contributed by atoms with Crippen molar-refractivity contribution in [2.75, 3.05) is 5.32 Å². The number of anilines is 1. The number of carbonyl (C=O) groups is 1. The number of hydrogen-bond donors (Lipinski definition) is 1. The van der Waals surface area contributed by atoms with Crippen molar-refractivity contribution >= 4 is 23.3 Å². The van der Waals surface area contributed by atoms with Crippen molar-refractivity contribution in [2.24, 2.45) is 0 Å². The van der Waals surface area contributed by atoms with Crippen LogP contribution in [-0.2, 0) is 13.1 Å². The predicted molar refractivity (Wildman–Crippen MR) is 71.7 cm³/mol. The minimum atomic E-state index is -0.152. The fourth-order valence-corrected chi connectivity index (χ4v) is 2.11. The largest absolute Gasteiger partial charge is 0.322 e. The molecule has 0 aliphatic carbocycles. The first-order valence-corrected chi connectivity index (χ1v) is 6.19. The highest BCUT2D eigenvalue weighted by molar-refractivity contribution is 6.30. The minimum absolute atomic E-state index is 0.152. The summed E-state index contributed by atoms with van der Waals surface area (Å²) in [5.41, 5.74) is 2.62. The highest BCUT2D eigenvalue weighted by atomic mass is 35.5. The first-order chi connectivity index (χ1) is 9.22. The van der Waals surface area contributed by atoms with Gasteiger partial charge in [0.15, 0.2) is 0 Å². The minimum Gasteiger partial charge on any atom is -0.314 e. The molecule has 0 atom stereocenters. The van der Waals surface area contributed by atoms with Crippen molar-refractivity contribution < 1.29 is 4.79 Å². The number of fused-ring (bicyclic) bond motifs is 1. The monoisotopic (exact) mass is 274 g/mol. The van der Waals surface area contributed by atoms with Crippen molar-refractivity contribution in [3.8, 4) is 0 Å². The first kappa shape index (κ1) is 11.9. The number of amides is 2. The van der Waals surface area contributed by atoms with Gasteiger partial charge in [0.25, 0.3) is 0 Å². The topological polar surface area (TPSA) is 58.1 Å². The van der Waals surface area contributed by atoms with E-state index in [1.807, 2.05) is 0 Å². The van der Waals surface area contributed by atoms with Gasteiger partial charge in [0, 0.05) is 22.5 Å². The van der Waals surface area contributed by atoms with Gasteiger partial charge in [-0.2, -0.15) is 0 Å². The third-order valence-electron chi connectivity index (χ3n) is 2.97. The van der Waals surface area contributed by atoms with E-state index in [1.165, 1.54) is 6.33 Å². The Kier molecular flexibility index (Phi) is 3.05. The molecule has 0 fully saturated rings. The maximum atomic E-state index is 12.1. The number of nitrogens with one attached hydrogen (secondary N) is 1. The van der Waals surface area contributed by atoms with Crippen LogP contribution in [0.15, 0.2) is 36.8 Å². The van der Waals surface area contributed by atoms with Crippen LogP contribution in [-0.4, -0.2) is 20.9 Å². The van der Waals surface area contributed by atoms with Crippen LogP contribution in [0.25, 0.3) is 0 Å². The molecular weight excluding hydrogens is 264 g/mol. The van der Waals surface area contributed by atoms with Crippen LogP contribution in [0.2, 0.25) is 5.02 Å². The van der Waals surface area contributed by atoms with Gasteiger partial charge in [0.05, 0.1) is 18.8 Å². The van der Waals surface area contributed by atoms with Crippen molar-refractivity contribution in [2.45, 2.75) is 13.1 Å². The normalized spacial score (nSPS) is 13.2. The summed E-state index contributed by atoms with van der Waals surface area (Å²) in [7, 11) is 0. The summed E-state index contributed by atoms with van der Waals surface area (Å²) in [6.07, 6.45) is 3.25.